The standard InChI is InChI=1S/C14H12O4/c15-11-9-6-5-7-3-1-2-4-8(7)10(9)12(16)14(18)13(11)17/h1-6,11,13,15-18H. The van der Waals surface area contributed by atoms with Gasteiger partial charge in [-0.1, -0.05) is 36.4 Å². The number of benzene rings is 2. The minimum Gasteiger partial charge on any atom is -0.506 e. The van der Waals surface area contributed by atoms with Crippen LogP contribution >= 0.6 is 0 Å². The third-order valence-corrected chi connectivity index (χ3v) is 3.34. The average Bonchev–Trinajstić information content (AvgIpc) is 2.41. The first-order chi connectivity index (χ1) is 8.61. The van der Waals surface area contributed by atoms with Crippen LogP contribution in [0.1, 0.15) is 17.2 Å². The quantitative estimate of drug-likeness (QED) is 0.571. The summed E-state index contributed by atoms with van der Waals surface area (Å²) in [4.78, 5) is 0. The van der Waals surface area contributed by atoms with Crippen LogP contribution in [0, 0.1) is 0 Å². The molecule has 0 aromatic heterocycles. The maximum atomic E-state index is 9.97. The van der Waals surface area contributed by atoms with Crippen LogP contribution in [0.25, 0.3) is 16.5 Å². The molecule has 3 rings (SSSR count). The van der Waals surface area contributed by atoms with E-state index in [4.69, 9.17) is 0 Å². The van der Waals surface area contributed by atoms with E-state index in [1.165, 1.54) is 0 Å². The molecule has 4 heteroatoms. The van der Waals surface area contributed by atoms with Crippen LogP contribution in [-0.2, 0) is 0 Å². The van der Waals surface area contributed by atoms with Crippen LogP contribution in [0.4, 0.5) is 0 Å². The zero-order valence-electron chi connectivity index (χ0n) is 9.41. The van der Waals surface area contributed by atoms with E-state index >= 15 is 0 Å². The Balaban J connectivity index is 2.42. The second-order valence-corrected chi connectivity index (χ2v) is 4.37. The zero-order valence-corrected chi connectivity index (χ0v) is 9.41. The zero-order chi connectivity index (χ0) is 12.9. The van der Waals surface area contributed by atoms with Crippen molar-refractivity contribution in [1.82, 2.24) is 0 Å². The van der Waals surface area contributed by atoms with Crippen LogP contribution in [-0.4, -0.2) is 26.5 Å². The summed E-state index contributed by atoms with van der Waals surface area (Å²) in [5.74, 6) is -0.967. The van der Waals surface area contributed by atoms with Crippen LogP contribution in [0.15, 0.2) is 42.2 Å². The Kier molecular flexibility index (Phi) is 2.29. The Morgan fingerprint density at radius 3 is 2.33 bits per heavy atom. The van der Waals surface area contributed by atoms with E-state index < -0.39 is 18.0 Å². The maximum absolute atomic E-state index is 9.97. The Morgan fingerprint density at radius 1 is 0.833 bits per heavy atom. The van der Waals surface area contributed by atoms with Gasteiger partial charge in [-0.25, -0.2) is 0 Å². The minimum absolute atomic E-state index is 0.375. The van der Waals surface area contributed by atoms with Crippen molar-refractivity contribution in [2.75, 3.05) is 0 Å². The lowest BCUT2D eigenvalue weighted by molar-refractivity contribution is 0.0126. The summed E-state index contributed by atoms with van der Waals surface area (Å²) in [6, 6.07) is 10.8. The molecule has 0 saturated heterocycles. The molecule has 0 amide bonds. The first kappa shape index (κ1) is 11.1. The normalized spacial score (nSPS) is 23.2. The molecule has 0 fully saturated rings. The Hall–Kier alpha value is -2.04. The summed E-state index contributed by atoms with van der Waals surface area (Å²) < 4.78 is 0. The van der Waals surface area contributed by atoms with Crippen molar-refractivity contribution in [2.24, 2.45) is 0 Å². The second-order valence-electron chi connectivity index (χ2n) is 4.37. The highest BCUT2D eigenvalue weighted by atomic mass is 16.4. The third kappa shape index (κ3) is 1.33. The predicted molar refractivity (Wildman–Crippen MR) is 67.1 cm³/mol. The Morgan fingerprint density at radius 2 is 1.56 bits per heavy atom. The van der Waals surface area contributed by atoms with E-state index in [2.05, 4.69) is 0 Å². The van der Waals surface area contributed by atoms with Gasteiger partial charge >= 0.3 is 0 Å². The van der Waals surface area contributed by atoms with Crippen LogP contribution in [0.2, 0.25) is 0 Å². The van der Waals surface area contributed by atoms with Gasteiger partial charge in [-0.3, -0.25) is 0 Å². The molecule has 4 N–H and O–H groups in total. The van der Waals surface area contributed by atoms with Crippen molar-refractivity contribution >= 4 is 16.5 Å². The van der Waals surface area contributed by atoms with Crippen LogP contribution in [0.5, 0.6) is 0 Å². The lowest BCUT2D eigenvalue weighted by Gasteiger charge is -2.27. The van der Waals surface area contributed by atoms with Crippen molar-refractivity contribution in [2.45, 2.75) is 12.2 Å². The van der Waals surface area contributed by atoms with E-state index in [0.29, 0.717) is 11.1 Å². The van der Waals surface area contributed by atoms with Gasteiger partial charge in [-0.2, -0.15) is 0 Å². The van der Waals surface area contributed by atoms with Gasteiger partial charge in [0.1, 0.15) is 12.2 Å². The van der Waals surface area contributed by atoms with Gasteiger partial charge in [0.15, 0.2) is 11.5 Å². The number of fused-ring (bicyclic) bond motifs is 3. The van der Waals surface area contributed by atoms with Gasteiger partial charge in [-0.15, -0.1) is 0 Å². The molecule has 0 radical (unpaired) electrons. The molecule has 18 heavy (non-hydrogen) atoms. The van der Waals surface area contributed by atoms with Crippen molar-refractivity contribution in [3.05, 3.63) is 53.3 Å². The molecule has 0 aliphatic heterocycles. The summed E-state index contributed by atoms with van der Waals surface area (Å²) in [5, 5.41) is 40.8. The monoisotopic (exact) mass is 244 g/mol. The highest BCUT2D eigenvalue weighted by molar-refractivity contribution is 5.95. The fraction of sp³-hybridized carbons (Fsp3) is 0.143. The number of aliphatic hydroxyl groups is 4. The van der Waals surface area contributed by atoms with Gasteiger partial charge in [0.05, 0.1) is 0 Å². The molecule has 0 saturated carbocycles. The molecule has 2 unspecified atom stereocenters. The number of aliphatic hydroxyl groups excluding tert-OH is 4. The van der Waals surface area contributed by atoms with Crippen molar-refractivity contribution in [3.8, 4) is 0 Å². The smallest absolute Gasteiger partial charge is 0.166 e. The van der Waals surface area contributed by atoms with Gasteiger partial charge < -0.3 is 20.4 Å². The van der Waals surface area contributed by atoms with Gasteiger partial charge in [0, 0.05) is 5.56 Å². The molecular formula is C14H12O4. The van der Waals surface area contributed by atoms with Gasteiger partial charge in [-0.05, 0) is 16.3 Å². The Bertz CT molecular complexity index is 660. The molecule has 2 atom stereocenters. The fourth-order valence-corrected chi connectivity index (χ4v) is 2.39. The van der Waals surface area contributed by atoms with E-state index in [0.717, 1.165) is 10.8 Å². The second kappa shape index (κ2) is 3.73. The van der Waals surface area contributed by atoms with E-state index in [-0.39, 0.29) is 5.76 Å². The predicted octanol–water partition coefficient (Wildman–Crippen LogP) is 2.03. The summed E-state index contributed by atoms with van der Waals surface area (Å²) >= 11 is 0. The minimum atomic E-state index is -1.49. The summed E-state index contributed by atoms with van der Waals surface area (Å²) in [5.41, 5.74) is 0.792. The molecule has 0 bridgehead atoms. The van der Waals surface area contributed by atoms with Crippen molar-refractivity contribution in [1.29, 1.82) is 0 Å². The van der Waals surface area contributed by atoms with E-state index in [1.54, 1.807) is 18.2 Å². The lowest BCUT2D eigenvalue weighted by Crippen LogP contribution is -2.26. The molecule has 2 aromatic rings. The highest BCUT2D eigenvalue weighted by Crippen LogP contribution is 2.39. The summed E-state index contributed by atoms with van der Waals surface area (Å²) in [6.45, 7) is 0. The summed E-state index contributed by atoms with van der Waals surface area (Å²) in [7, 11) is 0. The number of hydrogen-bond acceptors (Lipinski definition) is 4. The molecule has 0 spiro atoms. The lowest BCUT2D eigenvalue weighted by atomic mass is 9.87. The van der Waals surface area contributed by atoms with E-state index in [9.17, 15) is 20.4 Å². The third-order valence-electron chi connectivity index (χ3n) is 3.34. The Labute approximate surface area is 103 Å². The van der Waals surface area contributed by atoms with Crippen molar-refractivity contribution < 1.29 is 20.4 Å². The van der Waals surface area contributed by atoms with Gasteiger partial charge in [0.2, 0.25) is 0 Å². The summed E-state index contributed by atoms with van der Waals surface area (Å²) in [6.07, 6.45) is -2.72. The number of rotatable bonds is 0. The molecule has 1 aliphatic rings. The molecule has 4 nitrogen and oxygen atoms in total. The van der Waals surface area contributed by atoms with Gasteiger partial charge in [0.25, 0.3) is 0 Å². The van der Waals surface area contributed by atoms with E-state index in [1.807, 2.05) is 18.2 Å². The van der Waals surface area contributed by atoms with Crippen LogP contribution in [0.3, 0.4) is 0 Å². The number of hydrogen-bond donors (Lipinski definition) is 4. The molecule has 0 heterocycles. The molecule has 92 valence electrons. The average molecular weight is 244 g/mol. The first-order valence-electron chi connectivity index (χ1n) is 5.61. The maximum Gasteiger partial charge on any atom is 0.166 e. The largest absolute Gasteiger partial charge is 0.506 e. The molecule has 2 aromatic carbocycles. The fourth-order valence-electron chi connectivity index (χ4n) is 2.39. The highest BCUT2D eigenvalue weighted by Gasteiger charge is 2.34. The SMILES string of the molecule is OC1=C(O)C(O)C(O)c2ccc3ccccc3c21. The topological polar surface area (TPSA) is 80.9 Å². The first-order valence-corrected chi connectivity index (χ1v) is 5.61. The van der Waals surface area contributed by atoms with Crippen LogP contribution < -0.4 is 0 Å². The van der Waals surface area contributed by atoms with Crippen molar-refractivity contribution in [3.63, 3.8) is 0 Å². The molecular weight excluding hydrogens is 232 g/mol. The molecule has 1 aliphatic carbocycles.